The molecule has 3 nitrogen and oxygen atoms in total. The van der Waals surface area contributed by atoms with Crippen molar-refractivity contribution in [3.05, 3.63) is 77.7 Å². The zero-order chi connectivity index (χ0) is 20.7. The lowest BCUT2D eigenvalue weighted by Gasteiger charge is -2.21. The van der Waals surface area contributed by atoms with Gasteiger partial charge in [0.15, 0.2) is 0 Å². The summed E-state index contributed by atoms with van der Waals surface area (Å²) in [6, 6.07) is 23.1. The summed E-state index contributed by atoms with van der Waals surface area (Å²) < 4.78 is 0. The van der Waals surface area contributed by atoms with Gasteiger partial charge in [0.1, 0.15) is 0 Å². The summed E-state index contributed by atoms with van der Waals surface area (Å²) in [6.45, 7) is 5.75. The summed E-state index contributed by atoms with van der Waals surface area (Å²) in [4.78, 5) is 20.3. The second-order valence-electron chi connectivity index (χ2n) is 7.88. The lowest BCUT2D eigenvalue weighted by atomic mass is 10.1. The molecule has 0 bridgehead atoms. The van der Waals surface area contributed by atoms with Crippen LogP contribution in [0.3, 0.4) is 0 Å². The maximum absolute atomic E-state index is 12.4. The van der Waals surface area contributed by atoms with Crippen LogP contribution in [-0.2, 0) is 16.1 Å². The van der Waals surface area contributed by atoms with Gasteiger partial charge < -0.3 is 0 Å². The van der Waals surface area contributed by atoms with Crippen LogP contribution in [0.2, 0.25) is 0 Å². The Morgan fingerprint density at radius 2 is 1.76 bits per heavy atom. The Kier molecular flexibility index (Phi) is 7.53. The first-order chi connectivity index (χ1) is 13.9. The number of nitrogens with one attached hydrogen (secondary N) is 1. The van der Waals surface area contributed by atoms with Gasteiger partial charge in [0.05, 0.1) is 5.60 Å². The smallest absolute Gasteiger partial charge is 0.244 e. The van der Waals surface area contributed by atoms with E-state index in [1.807, 2.05) is 39.0 Å². The highest BCUT2D eigenvalue weighted by atomic mass is 32.2. The van der Waals surface area contributed by atoms with E-state index in [2.05, 4.69) is 59.4 Å². The Balaban J connectivity index is 1.68. The molecule has 29 heavy (non-hydrogen) atoms. The minimum Gasteiger partial charge on any atom is -0.273 e. The molecule has 1 atom stereocenters. The highest BCUT2D eigenvalue weighted by Crippen LogP contribution is 2.31. The van der Waals surface area contributed by atoms with Crippen LogP contribution in [0, 0.1) is 0 Å². The largest absolute Gasteiger partial charge is 0.273 e. The molecular formula is C24H27NO2S2. The summed E-state index contributed by atoms with van der Waals surface area (Å²) in [5, 5.41) is 2.21. The van der Waals surface area contributed by atoms with E-state index in [-0.39, 0.29) is 11.2 Å². The Labute approximate surface area is 181 Å². The predicted octanol–water partition coefficient (Wildman–Crippen LogP) is 6.35. The van der Waals surface area contributed by atoms with Crippen LogP contribution >= 0.6 is 23.1 Å². The minimum absolute atomic E-state index is 0.0939. The number of hydrogen-bond acceptors (Lipinski definition) is 4. The van der Waals surface area contributed by atoms with Gasteiger partial charge in [-0.3, -0.25) is 9.63 Å². The highest BCUT2D eigenvalue weighted by molar-refractivity contribution is 8.00. The molecule has 0 saturated heterocycles. The summed E-state index contributed by atoms with van der Waals surface area (Å²) in [6.07, 6.45) is 1.21. The van der Waals surface area contributed by atoms with E-state index in [4.69, 9.17) is 4.84 Å². The highest BCUT2D eigenvalue weighted by Gasteiger charge is 2.19. The van der Waals surface area contributed by atoms with Crippen LogP contribution in [-0.4, -0.2) is 16.8 Å². The second kappa shape index (κ2) is 10.1. The third kappa shape index (κ3) is 7.35. The van der Waals surface area contributed by atoms with Gasteiger partial charge in [-0.15, -0.1) is 23.1 Å². The molecule has 0 aliphatic carbocycles. The fourth-order valence-corrected chi connectivity index (χ4v) is 4.75. The maximum atomic E-state index is 12.4. The van der Waals surface area contributed by atoms with Crippen molar-refractivity contribution in [3.63, 3.8) is 0 Å². The van der Waals surface area contributed by atoms with Crippen molar-refractivity contribution in [1.29, 1.82) is 0 Å². The summed E-state index contributed by atoms with van der Waals surface area (Å²) >= 11 is 3.48. The average Bonchev–Trinajstić information content (AvgIpc) is 3.22. The molecule has 2 aromatic carbocycles. The van der Waals surface area contributed by atoms with Crippen molar-refractivity contribution < 1.29 is 9.63 Å². The van der Waals surface area contributed by atoms with Gasteiger partial charge in [0.2, 0.25) is 5.91 Å². The number of thiophene rings is 1. The number of amides is 1. The van der Waals surface area contributed by atoms with Crippen molar-refractivity contribution in [2.45, 2.75) is 49.4 Å². The number of benzene rings is 2. The molecule has 0 radical (unpaired) electrons. The zero-order valence-corrected chi connectivity index (χ0v) is 18.7. The van der Waals surface area contributed by atoms with Gasteiger partial charge in [-0.2, -0.15) is 0 Å². The standard InChI is InChI=1S/C24H27NO2S2/c1-24(2,3)27-25-23(26)17-21(16-18-8-5-4-6-9-18)29-20-13-11-19(12-14-20)22-10-7-15-28-22/h4-15,21H,16-17H2,1-3H3,(H,25,26). The van der Waals surface area contributed by atoms with Crippen LogP contribution in [0.15, 0.2) is 77.0 Å². The van der Waals surface area contributed by atoms with Gasteiger partial charge in [-0.05, 0) is 61.9 Å². The molecule has 0 fully saturated rings. The third-order valence-electron chi connectivity index (χ3n) is 4.15. The Hall–Kier alpha value is -2.08. The topological polar surface area (TPSA) is 38.3 Å². The van der Waals surface area contributed by atoms with E-state index >= 15 is 0 Å². The monoisotopic (exact) mass is 425 g/mol. The summed E-state index contributed by atoms with van der Waals surface area (Å²) in [7, 11) is 0. The Morgan fingerprint density at radius 3 is 2.38 bits per heavy atom. The van der Waals surface area contributed by atoms with Crippen molar-refractivity contribution in [2.24, 2.45) is 0 Å². The van der Waals surface area contributed by atoms with Crippen LogP contribution in [0.25, 0.3) is 10.4 Å². The van der Waals surface area contributed by atoms with Gasteiger partial charge in [-0.1, -0.05) is 48.5 Å². The number of carbonyl (C=O) groups excluding carboxylic acids is 1. The fraction of sp³-hybridized carbons (Fsp3) is 0.292. The molecule has 0 aliphatic heterocycles. The zero-order valence-electron chi connectivity index (χ0n) is 17.1. The predicted molar refractivity (Wildman–Crippen MR) is 123 cm³/mol. The molecule has 5 heteroatoms. The van der Waals surface area contributed by atoms with Crippen molar-refractivity contribution >= 4 is 29.0 Å². The first-order valence-electron chi connectivity index (χ1n) is 9.70. The fourth-order valence-electron chi connectivity index (χ4n) is 2.82. The average molecular weight is 426 g/mol. The SMILES string of the molecule is CC(C)(C)ONC(=O)CC(Cc1ccccc1)Sc1ccc(-c2cccs2)cc1. The van der Waals surface area contributed by atoms with Crippen molar-refractivity contribution in [3.8, 4) is 10.4 Å². The molecule has 3 aromatic rings. The van der Waals surface area contributed by atoms with Gasteiger partial charge in [0, 0.05) is 21.4 Å². The van der Waals surface area contributed by atoms with Crippen LogP contribution < -0.4 is 5.48 Å². The molecule has 1 aromatic heterocycles. The second-order valence-corrected chi connectivity index (χ2v) is 10.2. The molecule has 0 aliphatic rings. The lowest BCUT2D eigenvalue weighted by molar-refractivity contribution is -0.145. The number of thioether (sulfide) groups is 1. The lowest BCUT2D eigenvalue weighted by Crippen LogP contribution is -2.35. The van der Waals surface area contributed by atoms with Crippen molar-refractivity contribution in [2.75, 3.05) is 0 Å². The quantitative estimate of drug-likeness (QED) is 0.337. The number of carbonyl (C=O) groups is 1. The van der Waals surface area contributed by atoms with Gasteiger partial charge >= 0.3 is 0 Å². The molecule has 152 valence electrons. The number of hydrogen-bond donors (Lipinski definition) is 1. The summed E-state index contributed by atoms with van der Waals surface area (Å²) in [5.74, 6) is -0.0939. The maximum Gasteiger partial charge on any atom is 0.244 e. The molecule has 1 N–H and O–H groups in total. The van der Waals surface area contributed by atoms with Crippen molar-refractivity contribution in [1.82, 2.24) is 5.48 Å². The van der Waals surface area contributed by atoms with Crippen LogP contribution in [0.4, 0.5) is 0 Å². The Morgan fingerprint density at radius 1 is 1.03 bits per heavy atom. The first kappa shape index (κ1) is 21.6. The van der Waals surface area contributed by atoms with E-state index in [1.54, 1.807) is 23.1 Å². The first-order valence-corrected chi connectivity index (χ1v) is 11.5. The van der Waals surface area contributed by atoms with E-state index in [1.165, 1.54) is 16.0 Å². The Bertz CT molecular complexity index is 885. The normalized spacial score (nSPS) is 12.5. The van der Waals surface area contributed by atoms with E-state index in [0.29, 0.717) is 6.42 Å². The van der Waals surface area contributed by atoms with Gasteiger partial charge in [-0.25, -0.2) is 5.48 Å². The third-order valence-corrected chi connectivity index (χ3v) is 6.28. The summed E-state index contributed by atoms with van der Waals surface area (Å²) in [5.41, 5.74) is 4.64. The molecule has 3 rings (SSSR count). The molecule has 0 saturated carbocycles. The molecule has 1 amide bonds. The number of rotatable bonds is 8. The van der Waals surface area contributed by atoms with E-state index in [9.17, 15) is 4.79 Å². The van der Waals surface area contributed by atoms with E-state index < -0.39 is 5.60 Å². The molecule has 1 heterocycles. The van der Waals surface area contributed by atoms with Gasteiger partial charge in [0.25, 0.3) is 0 Å². The molecular weight excluding hydrogens is 398 g/mol. The van der Waals surface area contributed by atoms with Crippen LogP contribution in [0.1, 0.15) is 32.8 Å². The number of hydroxylamine groups is 1. The molecule has 0 spiro atoms. The van der Waals surface area contributed by atoms with E-state index in [0.717, 1.165) is 11.3 Å². The molecule has 1 unspecified atom stereocenters. The van der Waals surface area contributed by atoms with Crippen LogP contribution in [0.5, 0.6) is 0 Å². The minimum atomic E-state index is -0.407.